The SMILES string of the molecule is CC(C)(C)OC([O-])=NC(CO)CO. The molecule has 0 fully saturated rings. The van der Waals surface area contributed by atoms with Crippen molar-refractivity contribution < 1.29 is 20.1 Å². The van der Waals surface area contributed by atoms with Gasteiger partial charge >= 0.3 is 0 Å². The Balaban J connectivity index is 4.15. The Hall–Kier alpha value is -0.810. The molecule has 78 valence electrons. The minimum Gasteiger partial charge on any atom is -0.595 e. The lowest BCUT2D eigenvalue weighted by Crippen LogP contribution is -2.34. The second-order valence-electron chi connectivity index (χ2n) is 3.63. The van der Waals surface area contributed by atoms with Crippen LogP contribution in [-0.2, 0) is 4.74 Å². The molecule has 0 radical (unpaired) electrons. The Labute approximate surface area is 77.7 Å². The maximum absolute atomic E-state index is 11.0. The van der Waals surface area contributed by atoms with Crippen LogP contribution in [0.3, 0.4) is 0 Å². The molecule has 0 aliphatic heterocycles. The topological polar surface area (TPSA) is 85.1 Å². The number of aliphatic hydroxyl groups excluding tert-OH is 2. The lowest BCUT2D eigenvalue weighted by atomic mass is 10.2. The van der Waals surface area contributed by atoms with Gasteiger partial charge in [0.05, 0.1) is 19.3 Å². The van der Waals surface area contributed by atoms with Gasteiger partial charge in [-0.2, -0.15) is 0 Å². The zero-order valence-electron chi connectivity index (χ0n) is 8.15. The minimum atomic E-state index is -0.783. The summed E-state index contributed by atoms with van der Waals surface area (Å²) in [5, 5.41) is 28.2. The van der Waals surface area contributed by atoms with Gasteiger partial charge in [-0.15, -0.1) is 0 Å². The number of aliphatic hydroxyl groups is 2. The van der Waals surface area contributed by atoms with Crippen LogP contribution in [0.25, 0.3) is 0 Å². The first-order valence-electron chi connectivity index (χ1n) is 4.04. The Morgan fingerprint density at radius 3 is 2.15 bits per heavy atom. The number of hydrogen-bond acceptors (Lipinski definition) is 5. The molecule has 13 heavy (non-hydrogen) atoms. The highest BCUT2D eigenvalue weighted by molar-refractivity contribution is 5.62. The Bertz CT molecular complexity index is 169. The lowest BCUT2D eigenvalue weighted by Gasteiger charge is -2.30. The van der Waals surface area contributed by atoms with Gasteiger partial charge < -0.3 is 20.1 Å². The van der Waals surface area contributed by atoms with Crippen LogP contribution in [0, 0.1) is 0 Å². The molecule has 0 aromatic heterocycles. The molecule has 0 saturated heterocycles. The first kappa shape index (κ1) is 12.2. The van der Waals surface area contributed by atoms with Crippen LogP contribution >= 0.6 is 0 Å². The first-order chi connectivity index (χ1) is 5.89. The average molecular weight is 190 g/mol. The first-order valence-corrected chi connectivity index (χ1v) is 4.04. The standard InChI is InChI=1S/C8H17NO4/c1-8(2,3)13-7(12)9-6(4-10)5-11/h6,10-11H,4-5H2,1-3H3,(H,9,12)/p-1. The molecule has 0 saturated carbocycles. The quantitative estimate of drug-likeness (QED) is 0.435. The van der Waals surface area contributed by atoms with Crippen molar-refractivity contribution in [3.05, 3.63) is 0 Å². The average Bonchev–Trinajstić information content (AvgIpc) is 1.96. The maximum Gasteiger partial charge on any atom is 0.146 e. The van der Waals surface area contributed by atoms with E-state index in [2.05, 4.69) is 4.99 Å². The zero-order valence-corrected chi connectivity index (χ0v) is 8.15. The van der Waals surface area contributed by atoms with Crippen LogP contribution in [0.5, 0.6) is 0 Å². The van der Waals surface area contributed by atoms with Crippen molar-refractivity contribution >= 4 is 6.08 Å². The Kier molecular flexibility index (Phi) is 4.72. The van der Waals surface area contributed by atoms with E-state index < -0.39 is 17.7 Å². The zero-order chi connectivity index (χ0) is 10.5. The molecular weight excluding hydrogens is 174 g/mol. The van der Waals surface area contributed by atoms with Crippen LogP contribution in [0.4, 0.5) is 0 Å². The summed E-state index contributed by atoms with van der Waals surface area (Å²) in [6.07, 6.45) is -0.763. The normalized spacial score (nSPS) is 13.5. The molecule has 0 rings (SSSR count). The van der Waals surface area contributed by atoms with Crippen LogP contribution in [0.15, 0.2) is 4.99 Å². The molecular formula is C8H16NO4-. The Morgan fingerprint density at radius 1 is 1.38 bits per heavy atom. The number of hydrogen-bond donors (Lipinski definition) is 2. The molecule has 0 aliphatic rings. The Morgan fingerprint density at radius 2 is 1.85 bits per heavy atom. The van der Waals surface area contributed by atoms with Gasteiger partial charge in [0.1, 0.15) is 6.08 Å². The molecule has 5 heteroatoms. The minimum absolute atomic E-state index is 0.365. The molecule has 0 bridgehead atoms. The molecule has 0 heterocycles. The largest absolute Gasteiger partial charge is 0.595 e. The van der Waals surface area contributed by atoms with E-state index >= 15 is 0 Å². The third-order valence-electron chi connectivity index (χ3n) is 1.10. The molecule has 0 unspecified atom stereocenters. The maximum atomic E-state index is 11.0. The fraction of sp³-hybridized carbons (Fsp3) is 0.875. The van der Waals surface area contributed by atoms with Crippen LogP contribution < -0.4 is 5.11 Å². The lowest BCUT2D eigenvalue weighted by molar-refractivity contribution is -0.261. The van der Waals surface area contributed by atoms with Gasteiger partial charge in [-0.05, 0) is 0 Å². The fourth-order valence-corrected chi connectivity index (χ4v) is 0.577. The third-order valence-corrected chi connectivity index (χ3v) is 1.10. The van der Waals surface area contributed by atoms with E-state index in [1.165, 1.54) is 0 Å². The molecule has 0 spiro atoms. The highest BCUT2D eigenvalue weighted by Crippen LogP contribution is 2.06. The van der Waals surface area contributed by atoms with Gasteiger partial charge in [-0.1, -0.05) is 20.8 Å². The molecule has 0 amide bonds. The van der Waals surface area contributed by atoms with Gasteiger partial charge in [0, 0.05) is 5.60 Å². The van der Waals surface area contributed by atoms with Crippen molar-refractivity contribution in [2.75, 3.05) is 13.2 Å². The number of ether oxygens (including phenoxy) is 1. The number of nitrogens with zero attached hydrogens (tertiary/aromatic N) is 1. The van der Waals surface area contributed by atoms with E-state index in [0.29, 0.717) is 0 Å². The number of aliphatic imine (C=N–C) groups is 1. The van der Waals surface area contributed by atoms with E-state index in [0.717, 1.165) is 0 Å². The smallest absolute Gasteiger partial charge is 0.146 e. The van der Waals surface area contributed by atoms with Gasteiger partial charge in [-0.25, -0.2) is 0 Å². The highest BCUT2D eigenvalue weighted by atomic mass is 16.6. The predicted octanol–water partition coefficient (Wildman–Crippen LogP) is -1.13. The van der Waals surface area contributed by atoms with E-state index in [1.807, 2.05) is 0 Å². The monoisotopic (exact) mass is 190 g/mol. The summed E-state index contributed by atoms with van der Waals surface area (Å²) in [7, 11) is 0. The second-order valence-corrected chi connectivity index (χ2v) is 3.63. The molecule has 0 aliphatic carbocycles. The van der Waals surface area contributed by atoms with Crippen molar-refractivity contribution in [1.29, 1.82) is 0 Å². The third kappa shape index (κ3) is 6.36. The summed E-state index contributed by atoms with van der Waals surface area (Å²) in [6.45, 7) is 4.42. The van der Waals surface area contributed by atoms with Crippen molar-refractivity contribution in [2.45, 2.75) is 32.4 Å². The van der Waals surface area contributed by atoms with E-state index in [9.17, 15) is 5.11 Å². The van der Waals surface area contributed by atoms with Crippen LogP contribution in [0.1, 0.15) is 20.8 Å². The summed E-state index contributed by atoms with van der Waals surface area (Å²) < 4.78 is 4.84. The second kappa shape index (κ2) is 5.04. The van der Waals surface area contributed by atoms with Crippen LogP contribution in [0.2, 0.25) is 0 Å². The summed E-state index contributed by atoms with van der Waals surface area (Å²) in [5.41, 5.74) is -0.601. The fourth-order valence-electron chi connectivity index (χ4n) is 0.577. The summed E-state index contributed by atoms with van der Waals surface area (Å²) in [4.78, 5) is 3.44. The van der Waals surface area contributed by atoms with Gasteiger partial charge in [0.25, 0.3) is 0 Å². The van der Waals surface area contributed by atoms with Crippen molar-refractivity contribution in [3.8, 4) is 0 Å². The van der Waals surface area contributed by atoms with Crippen molar-refractivity contribution in [3.63, 3.8) is 0 Å². The van der Waals surface area contributed by atoms with E-state index in [4.69, 9.17) is 14.9 Å². The molecule has 0 aromatic carbocycles. The van der Waals surface area contributed by atoms with E-state index in [-0.39, 0.29) is 13.2 Å². The summed E-state index contributed by atoms with van der Waals surface area (Å²) in [5.74, 6) is 0. The predicted molar refractivity (Wildman–Crippen MR) is 46.2 cm³/mol. The van der Waals surface area contributed by atoms with Gasteiger partial charge in [-0.3, -0.25) is 4.99 Å². The molecule has 5 nitrogen and oxygen atoms in total. The molecule has 0 aromatic rings. The van der Waals surface area contributed by atoms with Crippen molar-refractivity contribution in [2.24, 2.45) is 4.99 Å². The summed E-state index contributed by atoms with van der Waals surface area (Å²) in [6, 6.07) is -0.783. The highest BCUT2D eigenvalue weighted by Gasteiger charge is 2.06. The van der Waals surface area contributed by atoms with E-state index in [1.54, 1.807) is 20.8 Å². The molecule has 2 N–H and O–H groups in total. The molecule has 0 atom stereocenters. The number of rotatable bonds is 3. The van der Waals surface area contributed by atoms with Gasteiger partial charge in [0.2, 0.25) is 0 Å². The van der Waals surface area contributed by atoms with Crippen molar-refractivity contribution in [1.82, 2.24) is 0 Å². The summed E-state index contributed by atoms with van der Waals surface area (Å²) >= 11 is 0. The van der Waals surface area contributed by atoms with Crippen LogP contribution in [-0.4, -0.2) is 41.2 Å². The van der Waals surface area contributed by atoms with Gasteiger partial charge in [0.15, 0.2) is 0 Å².